The number of nitrogens with one attached hydrogen (secondary N) is 1. The van der Waals surface area contributed by atoms with Crippen LogP contribution < -0.4 is 10.1 Å². The summed E-state index contributed by atoms with van der Waals surface area (Å²) in [6, 6.07) is 9.87. The zero-order valence-corrected chi connectivity index (χ0v) is 21.6. The van der Waals surface area contributed by atoms with Crippen LogP contribution in [-0.2, 0) is 4.79 Å². The van der Waals surface area contributed by atoms with Gasteiger partial charge in [0.05, 0.1) is 36.5 Å². The number of nitrogens with zero attached hydrogens (tertiary/aromatic N) is 5. The summed E-state index contributed by atoms with van der Waals surface area (Å²) in [6.07, 6.45) is 9.41. The Bertz CT molecular complexity index is 1400. The van der Waals surface area contributed by atoms with Gasteiger partial charge in [0.2, 0.25) is 5.91 Å². The molecule has 0 saturated heterocycles. The number of carbonyl (C=O) groups is 1. The third-order valence-corrected chi connectivity index (χ3v) is 6.15. The molecule has 10 heteroatoms. The van der Waals surface area contributed by atoms with Crippen LogP contribution >= 0.6 is 11.6 Å². The first kappa shape index (κ1) is 26.1. The van der Waals surface area contributed by atoms with E-state index in [-0.39, 0.29) is 5.91 Å². The number of halogens is 2. The SMILES string of the molecule is COc1cc(C=C(CCCCl)C(=O)NC(C)c2ccc(-n3cncn3)cc2F)ccc1-n1cnc(C)c1. The fourth-order valence-electron chi connectivity index (χ4n) is 3.98. The van der Waals surface area contributed by atoms with Crippen LogP contribution in [0.3, 0.4) is 0 Å². The lowest BCUT2D eigenvalue weighted by Crippen LogP contribution is -2.28. The van der Waals surface area contributed by atoms with Crippen molar-refractivity contribution in [2.75, 3.05) is 13.0 Å². The molecular formula is C27H28ClFN6O2. The number of aromatic nitrogens is 5. The molecular weight excluding hydrogens is 495 g/mol. The predicted octanol–water partition coefficient (Wildman–Crippen LogP) is 5.19. The molecule has 2 aromatic heterocycles. The van der Waals surface area contributed by atoms with E-state index in [2.05, 4.69) is 20.4 Å². The van der Waals surface area contributed by atoms with Crippen molar-refractivity contribution in [3.8, 4) is 17.1 Å². The fourth-order valence-corrected chi connectivity index (χ4v) is 4.11. The van der Waals surface area contributed by atoms with Crippen molar-refractivity contribution in [3.05, 3.63) is 89.8 Å². The number of aryl methyl sites for hydroxylation is 1. The predicted molar refractivity (Wildman–Crippen MR) is 141 cm³/mol. The van der Waals surface area contributed by atoms with Gasteiger partial charge in [0.1, 0.15) is 24.2 Å². The lowest BCUT2D eigenvalue weighted by molar-refractivity contribution is -0.118. The van der Waals surface area contributed by atoms with E-state index in [1.807, 2.05) is 42.0 Å². The Hall–Kier alpha value is -3.98. The molecule has 0 radical (unpaired) electrons. The van der Waals surface area contributed by atoms with Crippen LogP contribution in [0.2, 0.25) is 0 Å². The Morgan fingerprint density at radius 1 is 1.24 bits per heavy atom. The Balaban J connectivity index is 1.55. The summed E-state index contributed by atoms with van der Waals surface area (Å²) in [7, 11) is 1.60. The number of alkyl halides is 1. The van der Waals surface area contributed by atoms with Crippen molar-refractivity contribution in [1.82, 2.24) is 29.6 Å². The number of amides is 1. The van der Waals surface area contributed by atoms with Gasteiger partial charge in [-0.15, -0.1) is 11.6 Å². The second-order valence-corrected chi connectivity index (χ2v) is 8.93. The van der Waals surface area contributed by atoms with Gasteiger partial charge < -0.3 is 14.6 Å². The first-order valence-corrected chi connectivity index (χ1v) is 12.3. The summed E-state index contributed by atoms with van der Waals surface area (Å²) in [5.74, 6) is 0.333. The molecule has 2 heterocycles. The van der Waals surface area contributed by atoms with Crippen molar-refractivity contribution in [1.29, 1.82) is 0 Å². The smallest absolute Gasteiger partial charge is 0.247 e. The van der Waals surface area contributed by atoms with Gasteiger partial charge in [-0.05, 0) is 62.6 Å². The number of rotatable bonds is 10. The standard InChI is InChI=1S/C27H28ClFN6O2/c1-18-14-34(17-31-18)25-9-6-20(12-26(25)37-3)11-21(5-4-10-28)27(36)33-19(2)23-8-7-22(13-24(23)29)35-16-30-15-32-35/h6-9,11-17,19H,4-5,10H2,1-3H3,(H,33,36). The van der Waals surface area contributed by atoms with E-state index < -0.39 is 11.9 Å². The maximum Gasteiger partial charge on any atom is 0.247 e. The normalized spacial score (nSPS) is 12.4. The molecule has 2 aromatic carbocycles. The summed E-state index contributed by atoms with van der Waals surface area (Å²) in [6.45, 7) is 3.66. The molecule has 4 rings (SSSR count). The molecule has 192 valence electrons. The molecule has 0 aliphatic carbocycles. The first-order valence-electron chi connectivity index (χ1n) is 11.8. The van der Waals surface area contributed by atoms with Crippen LogP contribution in [0.15, 0.2) is 67.2 Å². The molecule has 0 fully saturated rings. The highest BCUT2D eigenvalue weighted by atomic mass is 35.5. The van der Waals surface area contributed by atoms with Crippen LogP contribution in [0.5, 0.6) is 5.75 Å². The molecule has 1 atom stereocenters. The molecule has 0 aliphatic rings. The second-order valence-electron chi connectivity index (χ2n) is 8.56. The average Bonchev–Trinajstić information content (AvgIpc) is 3.58. The Morgan fingerprint density at radius 3 is 2.73 bits per heavy atom. The molecule has 0 saturated carbocycles. The highest BCUT2D eigenvalue weighted by Gasteiger charge is 2.18. The van der Waals surface area contributed by atoms with Crippen molar-refractivity contribution in [3.63, 3.8) is 0 Å². The largest absolute Gasteiger partial charge is 0.495 e. The topological polar surface area (TPSA) is 86.9 Å². The van der Waals surface area contributed by atoms with Gasteiger partial charge >= 0.3 is 0 Å². The third kappa shape index (κ3) is 6.24. The van der Waals surface area contributed by atoms with Gasteiger partial charge in [0, 0.05) is 23.2 Å². The number of hydrogen-bond donors (Lipinski definition) is 1. The van der Waals surface area contributed by atoms with E-state index >= 15 is 0 Å². The van der Waals surface area contributed by atoms with Crippen LogP contribution in [0.4, 0.5) is 4.39 Å². The maximum atomic E-state index is 14.9. The first-order chi connectivity index (χ1) is 17.9. The number of hydrogen-bond acceptors (Lipinski definition) is 5. The lowest BCUT2D eigenvalue weighted by Gasteiger charge is -2.17. The summed E-state index contributed by atoms with van der Waals surface area (Å²) in [5, 5.41) is 6.94. The number of imidazole rings is 1. The second kappa shape index (κ2) is 11.8. The van der Waals surface area contributed by atoms with Gasteiger partial charge in [0.15, 0.2) is 0 Å². The lowest BCUT2D eigenvalue weighted by atomic mass is 10.0. The van der Waals surface area contributed by atoms with E-state index in [0.29, 0.717) is 41.3 Å². The molecule has 1 unspecified atom stereocenters. The highest BCUT2D eigenvalue weighted by molar-refractivity contribution is 6.17. The maximum absolute atomic E-state index is 14.9. The van der Waals surface area contributed by atoms with Crippen LogP contribution in [0.1, 0.15) is 42.6 Å². The average molecular weight is 523 g/mol. The summed E-state index contributed by atoms with van der Waals surface area (Å²) >= 11 is 5.92. The van der Waals surface area contributed by atoms with E-state index in [9.17, 15) is 9.18 Å². The third-order valence-electron chi connectivity index (χ3n) is 5.89. The van der Waals surface area contributed by atoms with Crippen molar-refractivity contribution in [2.45, 2.75) is 32.7 Å². The van der Waals surface area contributed by atoms with E-state index in [1.165, 1.54) is 23.4 Å². The summed E-state index contributed by atoms with van der Waals surface area (Å²) < 4.78 is 23.8. The minimum Gasteiger partial charge on any atom is -0.495 e. The van der Waals surface area contributed by atoms with E-state index in [1.54, 1.807) is 32.5 Å². The van der Waals surface area contributed by atoms with Crippen LogP contribution in [-0.4, -0.2) is 43.2 Å². The number of carbonyl (C=O) groups excluding carboxylic acids is 1. The molecule has 0 bridgehead atoms. The molecule has 1 N–H and O–H groups in total. The van der Waals surface area contributed by atoms with Gasteiger partial charge in [-0.1, -0.05) is 12.1 Å². The van der Waals surface area contributed by atoms with E-state index in [4.69, 9.17) is 16.3 Å². The Morgan fingerprint density at radius 2 is 2.08 bits per heavy atom. The molecule has 1 amide bonds. The summed E-state index contributed by atoms with van der Waals surface area (Å²) in [4.78, 5) is 21.4. The number of benzene rings is 2. The van der Waals surface area contributed by atoms with Gasteiger partial charge in [-0.2, -0.15) is 5.10 Å². The number of ether oxygens (including phenoxy) is 1. The fraction of sp³-hybridized carbons (Fsp3) is 0.259. The Kier molecular flexibility index (Phi) is 8.35. The van der Waals surface area contributed by atoms with Crippen molar-refractivity contribution < 1.29 is 13.9 Å². The van der Waals surface area contributed by atoms with Gasteiger partial charge in [-0.25, -0.2) is 19.0 Å². The minimum atomic E-state index is -0.557. The highest BCUT2D eigenvalue weighted by Crippen LogP contribution is 2.27. The zero-order valence-electron chi connectivity index (χ0n) is 20.9. The van der Waals surface area contributed by atoms with Crippen molar-refractivity contribution >= 4 is 23.6 Å². The zero-order chi connectivity index (χ0) is 26.4. The minimum absolute atomic E-state index is 0.286. The molecule has 0 spiro atoms. The number of methoxy groups -OCH3 is 1. The Labute approximate surface area is 219 Å². The molecule has 4 aromatic rings. The molecule has 37 heavy (non-hydrogen) atoms. The monoisotopic (exact) mass is 522 g/mol. The van der Waals surface area contributed by atoms with Crippen LogP contribution in [0.25, 0.3) is 17.5 Å². The van der Waals surface area contributed by atoms with Crippen LogP contribution in [0, 0.1) is 12.7 Å². The van der Waals surface area contributed by atoms with Crippen molar-refractivity contribution in [2.24, 2.45) is 0 Å². The summed E-state index contributed by atoms with van der Waals surface area (Å²) in [5.41, 5.74) is 3.99. The molecule has 8 nitrogen and oxygen atoms in total. The molecule has 0 aliphatic heterocycles. The van der Waals surface area contributed by atoms with Gasteiger partial charge in [0.25, 0.3) is 0 Å². The van der Waals surface area contributed by atoms with Gasteiger partial charge in [-0.3, -0.25) is 4.79 Å². The van der Waals surface area contributed by atoms with E-state index in [0.717, 1.165) is 16.9 Å². The quantitative estimate of drug-likeness (QED) is 0.229.